The maximum atomic E-state index is 10.9. The highest BCUT2D eigenvalue weighted by molar-refractivity contribution is 7.07. The summed E-state index contributed by atoms with van der Waals surface area (Å²) in [6, 6.07) is 9.86. The first kappa shape index (κ1) is 21.6. The summed E-state index contributed by atoms with van der Waals surface area (Å²) in [6.45, 7) is 5.48. The zero-order chi connectivity index (χ0) is 19.5. The first-order valence-electron chi connectivity index (χ1n) is 10.1. The number of nitrogens with zero attached hydrogens (tertiary/aromatic N) is 1. The van der Waals surface area contributed by atoms with Crippen LogP contribution in [0.2, 0.25) is 0 Å². The quantitative estimate of drug-likeness (QED) is 0.248. The van der Waals surface area contributed by atoms with Gasteiger partial charge in [0.2, 0.25) is 0 Å². The van der Waals surface area contributed by atoms with Crippen LogP contribution in [0.25, 0.3) is 0 Å². The van der Waals surface area contributed by atoms with Gasteiger partial charge in [-0.05, 0) is 73.0 Å². The molecule has 0 aliphatic carbocycles. The van der Waals surface area contributed by atoms with Crippen LogP contribution >= 0.6 is 11.3 Å². The summed E-state index contributed by atoms with van der Waals surface area (Å²) < 4.78 is 0. The lowest BCUT2D eigenvalue weighted by molar-refractivity contribution is -0.384. The predicted octanol–water partition coefficient (Wildman–Crippen LogP) is 6.32. The molecule has 0 amide bonds. The van der Waals surface area contributed by atoms with Crippen molar-refractivity contribution in [2.75, 3.05) is 6.54 Å². The van der Waals surface area contributed by atoms with Crippen LogP contribution in [0.3, 0.4) is 0 Å². The Hall–Kier alpha value is -1.72. The Morgan fingerprint density at radius 2 is 1.85 bits per heavy atom. The number of benzene rings is 1. The molecule has 5 heteroatoms. The lowest BCUT2D eigenvalue weighted by Gasteiger charge is -2.19. The Labute approximate surface area is 167 Å². The fourth-order valence-corrected chi connectivity index (χ4v) is 4.20. The van der Waals surface area contributed by atoms with E-state index >= 15 is 0 Å². The molecule has 1 N–H and O–H groups in total. The number of thiophene rings is 1. The largest absolute Gasteiger partial charge is 0.314 e. The Morgan fingerprint density at radius 1 is 1.11 bits per heavy atom. The Balaban J connectivity index is 1.81. The van der Waals surface area contributed by atoms with Gasteiger partial charge in [-0.25, -0.2) is 0 Å². The minimum Gasteiger partial charge on any atom is -0.314 e. The molecule has 0 saturated heterocycles. The van der Waals surface area contributed by atoms with Crippen molar-refractivity contribution in [2.24, 2.45) is 0 Å². The molecule has 0 aliphatic rings. The van der Waals surface area contributed by atoms with E-state index in [0.717, 1.165) is 32.2 Å². The zero-order valence-electron chi connectivity index (χ0n) is 16.5. The van der Waals surface area contributed by atoms with Crippen LogP contribution in [0, 0.1) is 10.1 Å². The van der Waals surface area contributed by atoms with Gasteiger partial charge in [-0.1, -0.05) is 38.3 Å². The molecule has 2 aromatic rings. The van der Waals surface area contributed by atoms with Crippen molar-refractivity contribution in [2.45, 2.75) is 70.8 Å². The summed E-state index contributed by atoms with van der Waals surface area (Å²) >= 11 is 1.75. The van der Waals surface area contributed by atoms with E-state index in [2.05, 4.69) is 36.0 Å². The van der Waals surface area contributed by atoms with Crippen LogP contribution in [-0.4, -0.2) is 17.5 Å². The second-order valence-electron chi connectivity index (χ2n) is 7.37. The van der Waals surface area contributed by atoms with Gasteiger partial charge in [0.15, 0.2) is 0 Å². The standard InChI is InChI=1S/C22H32N2O2S/c1-3-4-5-7-20(21-9-11-22(12-10-21)24(25)26)8-6-14-23-18(2)16-19-13-15-27-17-19/h9-13,15,17-18,20,23H,3-8,14,16H2,1-2H3. The van der Waals surface area contributed by atoms with Gasteiger partial charge in [0.1, 0.15) is 0 Å². The molecular weight excluding hydrogens is 356 g/mol. The molecular formula is C22H32N2O2S. The maximum Gasteiger partial charge on any atom is 0.269 e. The van der Waals surface area contributed by atoms with Crippen LogP contribution in [0.15, 0.2) is 41.1 Å². The minimum absolute atomic E-state index is 0.176. The Kier molecular flexibility index (Phi) is 9.50. The third-order valence-electron chi connectivity index (χ3n) is 5.08. The first-order valence-corrected chi connectivity index (χ1v) is 11.0. The number of hydrogen-bond acceptors (Lipinski definition) is 4. The van der Waals surface area contributed by atoms with Gasteiger partial charge in [0.05, 0.1) is 4.92 Å². The molecule has 27 heavy (non-hydrogen) atoms. The molecule has 0 aliphatic heterocycles. The topological polar surface area (TPSA) is 55.2 Å². The molecule has 0 saturated carbocycles. The lowest BCUT2D eigenvalue weighted by atomic mass is 9.89. The van der Waals surface area contributed by atoms with E-state index in [4.69, 9.17) is 0 Å². The zero-order valence-corrected chi connectivity index (χ0v) is 17.3. The van der Waals surface area contributed by atoms with Gasteiger partial charge < -0.3 is 5.32 Å². The summed E-state index contributed by atoms with van der Waals surface area (Å²) in [5.74, 6) is 0.492. The number of nitro benzene ring substituents is 1. The highest BCUT2D eigenvalue weighted by atomic mass is 32.1. The van der Waals surface area contributed by atoms with Gasteiger partial charge in [-0.3, -0.25) is 10.1 Å². The third kappa shape index (κ3) is 7.81. The monoisotopic (exact) mass is 388 g/mol. The van der Waals surface area contributed by atoms with Crippen LogP contribution in [-0.2, 0) is 6.42 Å². The first-order chi connectivity index (χ1) is 13.1. The van der Waals surface area contributed by atoms with Crippen LogP contribution in [0.4, 0.5) is 5.69 Å². The van der Waals surface area contributed by atoms with Gasteiger partial charge in [0.25, 0.3) is 5.69 Å². The van der Waals surface area contributed by atoms with Crippen molar-refractivity contribution in [3.63, 3.8) is 0 Å². The number of nitrogens with one attached hydrogen (secondary N) is 1. The summed E-state index contributed by atoms with van der Waals surface area (Å²) in [7, 11) is 0. The van der Waals surface area contributed by atoms with Gasteiger partial charge in [-0.2, -0.15) is 11.3 Å². The van der Waals surface area contributed by atoms with Crippen molar-refractivity contribution in [3.8, 4) is 0 Å². The van der Waals surface area contributed by atoms with Crippen LogP contribution < -0.4 is 5.32 Å². The normalized spacial score (nSPS) is 13.4. The van der Waals surface area contributed by atoms with E-state index in [0.29, 0.717) is 12.0 Å². The maximum absolute atomic E-state index is 10.9. The van der Waals surface area contributed by atoms with Crippen molar-refractivity contribution in [1.82, 2.24) is 5.32 Å². The molecule has 4 nitrogen and oxygen atoms in total. The average Bonchev–Trinajstić information content (AvgIpc) is 3.17. The fraction of sp³-hybridized carbons (Fsp3) is 0.545. The van der Waals surface area contributed by atoms with Crippen LogP contribution in [0.5, 0.6) is 0 Å². The molecule has 0 fully saturated rings. The predicted molar refractivity (Wildman–Crippen MR) is 115 cm³/mol. The molecule has 0 bridgehead atoms. The van der Waals surface area contributed by atoms with Crippen molar-refractivity contribution in [3.05, 3.63) is 62.3 Å². The molecule has 2 rings (SSSR count). The highest BCUT2D eigenvalue weighted by Crippen LogP contribution is 2.28. The summed E-state index contributed by atoms with van der Waals surface area (Å²) in [6.07, 6.45) is 8.18. The van der Waals surface area contributed by atoms with Crippen molar-refractivity contribution >= 4 is 17.0 Å². The number of nitro groups is 1. The molecule has 1 heterocycles. The number of unbranched alkanes of at least 4 members (excludes halogenated alkanes) is 2. The fourth-order valence-electron chi connectivity index (χ4n) is 3.52. The number of rotatable bonds is 13. The molecule has 1 aromatic heterocycles. The minimum atomic E-state index is -0.325. The smallest absolute Gasteiger partial charge is 0.269 e. The average molecular weight is 389 g/mol. The van der Waals surface area contributed by atoms with Crippen molar-refractivity contribution in [1.29, 1.82) is 0 Å². The second-order valence-corrected chi connectivity index (χ2v) is 8.15. The van der Waals surface area contributed by atoms with Gasteiger partial charge in [-0.15, -0.1) is 0 Å². The van der Waals surface area contributed by atoms with Gasteiger partial charge >= 0.3 is 0 Å². The van der Waals surface area contributed by atoms with Crippen LogP contribution in [0.1, 0.15) is 69.4 Å². The second kappa shape index (κ2) is 11.9. The molecule has 148 valence electrons. The summed E-state index contributed by atoms with van der Waals surface area (Å²) in [5, 5.41) is 18.9. The highest BCUT2D eigenvalue weighted by Gasteiger charge is 2.13. The van der Waals surface area contributed by atoms with E-state index in [9.17, 15) is 10.1 Å². The molecule has 2 atom stereocenters. The van der Waals surface area contributed by atoms with Gasteiger partial charge in [0, 0.05) is 18.2 Å². The lowest BCUT2D eigenvalue weighted by Crippen LogP contribution is -2.29. The van der Waals surface area contributed by atoms with E-state index < -0.39 is 0 Å². The van der Waals surface area contributed by atoms with E-state index in [1.165, 1.54) is 30.4 Å². The SMILES string of the molecule is CCCCCC(CCCNC(C)Cc1ccsc1)c1ccc([N+](=O)[O-])cc1. The third-order valence-corrected chi connectivity index (χ3v) is 5.81. The summed E-state index contributed by atoms with van der Waals surface area (Å²) in [4.78, 5) is 10.6. The molecule has 0 spiro atoms. The number of non-ortho nitro benzene ring substituents is 1. The molecule has 1 aromatic carbocycles. The van der Waals surface area contributed by atoms with E-state index in [1.807, 2.05) is 12.1 Å². The number of hydrogen-bond donors (Lipinski definition) is 1. The molecule has 0 radical (unpaired) electrons. The molecule has 2 unspecified atom stereocenters. The summed E-state index contributed by atoms with van der Waals surface area (Å²) in [5.41, 5.74) is 2.82. The van der Waals surface area contributed by atoms with E-state index in [-0.39, 0.29) is 10.6 Å². The van der Waals surface area contributed by atoms with E-state index in [1.54, 1.807) is 23.5 Å². The van der Waals surface area contributed by atoms with Crippen molar-refractivity contribution < 1.29 is 4.92 Å². The Bertz CT molecular complexity index is 655. The Morgan fingerprint density at radius 3 is 2.48 bits per heavy atom.